The molecule has 13 nitrogen and oxygen atoms in total. The highest BCUT2D eigenvalue weighted by Gasteiger charge is 2.27. The molecule has 0 aliphatic heterocycles. The number of rotatable bonds is 10. The lowest BCUT2D eigenvalue weighted by Crippen LogP contribution is -2.35. The van der Waals surface area contributed by atoms with Crippen molar-refractivity contribution in [2.75, 3.05) is 7.11 Å². The van der Waals surface area contributed by atoms with E-state index >= 15 is 0 Å². The number of methoxy groups -OCH3 is 1. The Morgan fingerprint density at radius 2 is 1.34 bits per heavy atom. The standard InChI is InChI=1S/C22H17N5O8/c1-34-19-12-15(25-23-13-2-7-16(8-3-13)27(32)33)6-11-18(19)26-24-14-4-9-17(10-5-14)35-20(21(28)29)22(30)31/h2-12,20H,1H3,(H,28,29)(H,30,31). The van der Waals surface area contributed by atoms with Crippen LogP contribution >= 0.6 is 0 Å². The van der Waals surface area contributed by atoms with Crippen LogP contribution in [-0.2, 0) is 9.59 Å². The molecule has 0 heterocycles. The van der Waals surface area contributed by atoms with Crippen LogP contribution in [0.25, 0.3) is 0 Å². The SMILES string of the molecule is COc1cc(N=Nc2ccc([N+](=O)[O-])cc2)ccc1N=Nc1ccc(OC(C(=O)O)C(=O)O)cc1. The molecule has 178 valence electrons. The van der Waals surface area contributed by atoms with Gasteiger partial charge in [0.05, 0.1) is 29.1 Å². The Kier molecular flexibility index (Phi) is 7.74. The van der Waals surface area contributed by atoms with Crippen molar-refractivity contribution in [2.24, 2.45) is 20.5 Å². The molecule has 0 aromatic heterocycles. The van der Waals surface area contributed by atoms with Crippen LogP contribution in [0, 0.1) is 10.1 Å². The molecule has 0 amide bonds. The Balaban J connectivity index is 1.70. The first-order chi connectivity index (χ1) is 16.8. The van der Waals surface area contributed by atoms with E-state index in [0.717, 1.165) is 0 Å². The van der Waals surface area contributed by atoms with Crippen molar-refractivity contribution in [1.82, 2.24) is 0 Å². The second-order valence-corrected chi connectivity index (χ2v) is 6.70. The lowest BCUT2D eigenvalue weighted by atomic mass is 10.2. The summed E-state index contributed by atoms with van der Waals surface area (Å²) < 4.78 is 10.3. The number of carbonyl (C=O) groups is 2. The second kappa shape index (κ2) is 11.1. The van der Waals surface area contributed by atoms with Crippen molar-refractivity contribution < 1.29 is 34.2 Å². The molecule has 35 heavy (non-hydrogen) atoms. The number of aliphatic carboxylic acids is 2. The number of azo groups is 2. The van der Waals surface area contributed by atoms with Crippen LogP contribution in [0.1, 0.15) is 0 Å². The van der Waals surface area contributed by atoms with Crippen LogP contribution < -0.4 is 9.47 Å². The summed E-state index contributed by atoms with van der Waals surface area (Å²) in [4.78, 5) is 32.0. The third-order valence-electron chi connectivity index (χ3n) is 4.32. The van der Waals surface area contributed by atoms with Crippen LogP contribution in [0.3, 0.4) is 0 Å². The number of carboxylic acids is 2. The molecule has 0 atom stereocenters. The number of nitrogens with zero attached hydrogens (tertiary/aromatic N) is 5. The van der Waals surface area contributed by atoms with E-state index in [1.165, 1.54) is 55.6 Å². The topological polar surface area (TPSA) is 186 Å². The van der Waals surface area contributed by atoms with Gasteiger partial charge in [0, 0.05) is 18.2 Å². The van der Waals surface area contributed by atoms with Crippen LogP contribution in [0.5, 0.6) is 11.5 Å². The van der Waals surface area contributed by atoms with Gasteiger partial charge in [0.15, 0.2) is 0 Å². The Bertz CT molecular complexity index is 1280. The normalized spacial score (nSPS) is 11.1. The van der Waals surface area contributed by atoms with Gasteiger partial charge in [-0.15, -0.1) is 5.11 Å². The van der Waals surface area contributed by atoms with E-state index < -0.39 is 23.0 Å². The number of hydrogen-bond acceptors (Lipinski definition) is 10. The van der Waals surface area contributed by atoms with Crippen LogP contribution in [0.4, 0.5) is 28.4 Å². The molecule has 0 radical (unpaired) electrons. The molecule has 0 bridgehead atoms. The van der Waals surface area contributed by atoms with Gasteiger partial charge in [0.1, 0.15) is 17.2 Å². The summed E-state index contributed by atoms with van der Waals surface area (Å²) in [5, 5.41) is 44.8. The zero-order valence-electron chi connectivity index (χ0n) is 18.0. The number of ether oxygens (including phenoxy) is 2. The second-order valence-electron chi connectivity index (χ2n) is 6.70. The van der Waals surface area contributed by atoms with Crippen molar-refractivity contribution in [3.63, 3.8) is 0 Å². The van der Waals surface area contributed by atoms with Crippen LogP contribution in [0.15, 0.2) is 87.2 Å². The minimum absolute atomic E-state index is 0.0408. The van der Waals surface area contributed by atoms with Gasteiger partial charge in [-0.05, 0) is 48.5 Å². The molecule has 0 unspecified atom stereocenters. The van der Waals surface area contributed by atoms with E-state index in [1.54, 1.807) is 18.2 Å². The van der Waals surface area contributed by atoms with Gasteiger partial charge in [-0.2, -0.15) is 15.3 Å². The minimum atomic E-state index is -2.03. The Morgan fingerprint density at radius 1 is 0.829 bits per heavy atom. The average Bonchev–Trinajstić information content (AvgIpc) is 2.85. The summed E-state index contributed by atoms with van der Waals surface area (Å²) in [6, 6.07) is 16.1. The molecule has 0 aliphatic carbocycles. The summed E-state index contributed by atoms with van der Waals surface area (Å²) in [7, 11) is 1.44. The van der Waals surface area contributed by atoms with Gasteiger partial charge < -0.3 is 19.7 Å². The summed E-state index contributed by atoms with van der Waals surface area (Å²) in [6.45, 7) is 0. The molecule has 0 saturated heterocycles. The summed E-state index contributed by atoms with van der Waals surface area (Å²) in [6.07, 6.45) is -2.03. The number of hydrogen-bond donors (Lipinski definition) is 2. The van der Waals surface area contributed by atoms with E-state index in [-0.39, 0.29) is 11.4 Å². The smallest absolute Gasteiger partial charge is 0.356 e. The van der Waals surface area contributed by atoms with Crippen molar-refractivity contribution in [3.8, 4) is 11.5 Å². The van der Waals surface area contributed by atoms with Crippen molar-refractivity contribution in [3.05, 3.63) is 76.8 Å². The number of non-ortho nitro benzene ring substituents is 1. The molecule has 0 saturated carbocycles. The summed E-state index contributed by atoms with van der Waals surface area (Å²) in [5.41, 5.74) is 1.62. The first-order valence-electron chi connectivity index (χ1n) is 9.75. The van der Waals surface area contributed by atoms with Gasteiger partial charge in [-0.25, -0.2) is 9.59 Å². The van der Waals surface area contributed by atoms with Gasteiger partial charge in [0.2, 0.25) is 0 Å². The lowest BCUT2D eigenvalue weighted by molar-refractivity contribution is -0.384. The first kappa shape index (κ1) is 24.4. The number of carboxylic acid groups (broad SMARTS) is 2. The quantitative estimate of drug-likeness (QED) is 0.168. The zero-order chi connectivity index (χ0) is 25.4. The number of nitro benzene ring substituents is 1. The van der Waals surface area contributed by atoms with Crippen molar-refractivity contribution in [1.29, 1.82) is 0 Å². The molecule has 13 heteroatoms. The van der Waals surface area contributed by atoms with E-state index in [1.807, 2.05) is 0 Å². The number of nitro groups is 1. The third-order valence-corrected chi connectivity index (χ3v) is 4.32. The summed E-state index contributed by atoms with van der Waals surface area (Å²) >= 11 is 0. The van der Waals surface area contributed by atoms with Gasteiger partial charge in [-0.1, -0.05) is 0 Å². The molecular formula is C22H17N5O8. The summed E-state index contributed by atoms with van der Waals surface area (Å²) in [5.74, 6) is -2.84. The number of benzene rings is 3. The van der Waals surface area contributed by atoms with Crippen LogP contribution in [0.2, 0.25) is 0 Å². The van der Waals surface area contributed by atoms with Crippen molar-refractivity contribution >= 4 is 40.4 Å². The molecule has 0 fully saturated rings. The molecule has 3 rings (SSSR count). The largest absolute Gasteiger partial charge is 0.494 e. The van der Waals surface area contributed by atoms with Crippen molar-refractivity contribution in [2.45, 2.75) is 6.10 Å². The highest BCUT2D eigenvalue weighted by molar-refractivity contribution is 5.96. The highest BCUT2D eigenvalue weighted by atomic mass is 16.6. The molecule has 0 aliphatic rings. The monoisotopic (exact) mass is 479 g/mol. The fourth-order valence-electron chi connectivity index (χ4n) is 2.61. The average molecular weight is 479 g/mol. The fraction of sp³-hybridized carbons (Fsp3) is 0.0909. The molecular weight excluding hydrogens is 462 g/mol. The van der Waals surface area contributed by atoms with E-state index in [9.17, 15) is 19.7 Å². The lowest BCUT2D eigenvalue weighted by Gasteiger charge is -2.10. The van der Waals surface area contributed by atoms with E-state index in [2.05, 4.69) is 20.5 Å². The maximum atomic E-state index is 10.9. The van der Waals surface area contributed by atoms with E-state index in [0.29, 0.717) is 28.5 Å². The molecule has 3 aromatic carbocycles. The molecule has 2 N–H and O–H groups in total. The third kappa shape index (κ3) is 6.64. The maximum Gasteiger partial charge on any atom is 0.356 e. The zero-order valence-corrected chi connectivity index (χ0v) is 18.0. The van der Waals surface area contributed by atoms with Crippen LogP contribution in [-0.4, -0.2) is 40.3 Å². The first-order valence-corrected chi connectivity index (χ1v) is 9.75. The molecule has 3 aromatic rings. The highest BCUT2D eigenvalue weighted by Crippen LogP contribution is 2.34. The predicted octanol–water partition coefficient (Wildman–Crippen LogP) is 5.35. The van der Waals surface area contributed by atoms with Gasteiger partial charge in [0.25, 0.3) is 11.8 Å². The van der Waals surface area contributed by atoms with E-state index in [4.69, 9.17) is 19.7 Å². The van der Waals surface area contributed by atoms with Gasteiger partial charge in [-0.3, -0.25) is 10.1 Å². The Labute approximate surface area is 197 Å². The Hall–Kier alpha value is -5.20. The van der Waals surface area contributed by atoms with Gasteiger partial charge >= 0.3 is 11.9 Å². The maximum absolute atomic E-state index is 10.9. The predicted molar refractivity (Wildman–Crippen MR) is 121 cm³/mol. The Morgan fingerprint density at radius 3 is 1.89 bits per heavy atom. The molecule has 0 spiro atoms. The fourth-order valence-corrected chi connectivity index (χ4v) is 2.61. The minimum Gasteiger partial charge on any atom is -0.494 e.